The van der Waals surface area contributed by atoms with Gasteiger partial charge in [-0.25, -0.2) is 4.98 Å². The topological polar surface area (TPSA) is 84.7 Å². The van der Waals surface area contributed by atoms with Gasteiger partial charge in [0.1, 0.15) is 12.0 Å². The van der Waals surface area contributed by atoms with Crippen LogP contribution in [-0.4, -0.2) is 34.8 Å². The molecule has 0 saturated heterocycles. The predicted molar refractivity (Wildman–Crippen MR) is 133 cm³/mol. The van der Waals surface area contributed by atoms with Crippen LogP contribution >= 0.6 is 0 Å². The van der Waals surface area contributed by atoms with E-state index in [1.54, 1.807) is 0 Å². The molecule has 1 aliphatic heterocycles. The molecule has 4 rings (SSSR count). The van der Waals surface area contributed by atoms with Crippen molar-refractivity contribution in [1.29, 1.82) is 0 Å². The monoisotopic (exact) mass is 475 g/mol. The predicted octanol–water partition coefficient (Wildman–Crippen LogP) is 4.83. The van der Waals surface area contributed by atoms with Crippen molar-refractivity contribution >= 4 is 11.8 Å². The zero-order chi connectivity index (χ0) is 24.9. The van der Waals surface area contributed by atoms with Gasteiger partial charge in [-0.2, -0.15) is 0 Å². The van der Waals surface area contributed by atoms with Crippen molar-refractivity contribution in [1.82, 2.24) is 15.2 Å². The molecule has 1 atom stereocenters. The van der Waals surface area contributed by atoms with Crippen molar-refractivity contribution in [3.8, 4) is 5.75 Å². The highest BCUT2D eigenvalue weighted by atomic mass is 16.5. The van der Waals surface area contributed by atoms with Gasteiger partial charge in [0, 0.05) is 19.5 Å². The van der Waals surface area contributed by atoms with E-state index in [2.05, 4.69) is 47.6 Å². The van der Waals surface area contributed by atoms with E-state index in [0.29, 0.717) is 37.1 Å². The molecule has 0 saturated carbocycles. The molecule has 3 aromatic rings. The Bertz CT molecular complexity index is 1180. The molecular weight excluding hydrogens is 442 g/mol. The molecule has 0 spiro atoms. The van der Waals surface area contributed by atoms with E-state index in [-0.39, 0.29) is 30.2 Å². The molecule has 7 nitrogen and oxygen atoms in total. The van der Waals surface area contributed by atoms with Crippen molar-refractivity contribution in [3.63, 3.8) is 0 Å². The Labute approximate surface area is 206 Å². The quantitative estimate of drug-likeness (QED) is 0.504. The third kappa shape index (κ3) is 5.73. The van der Waals surface area contributed by atoms with Crippen LogP contribution in [0.4, 0.5) is 0 Å². The van der Waals surface area contributed by atoms with E-state index in [0.717, 1.165) is 17.5 Å². The van der Waals surface area contributed by atoms with Crippen molar-refractivity contribution in [3.05, 3.63) is 82.6 Å². The number of oxazole rings is 1. The van der Waals surface area contributed by atoms with Crippen molar-refractivity contribution in [2.24, 2.45) is 5.92 Å². The van der Waals surface area contributed by atoms with Crippen LogP contribution in [0.25, 0.3) is 0 Å². The number of rotatable bonds is 8. The van der Waals surface area contributed by atoms with Gasteiger partial charge in [0.25, 0.3) is 5.91 Å². The maximum absolute atomic E-state index is 12.8. The summed E-state index contributed by atoms with van der Waals surface area (Å²) in [5.41, 5.74) is 4.78. The molecule has 1 unspecified atom stereocenters. The van der Waals surface area contributed by atoms with E-state index in [4.69, 9.17) is 9.15 Å². The van der Waals surface area contributed by atoms with Gasteiger partial charge in [-0.15, -0.1) is 0 Å². The average molecular weight is 476 g/mol. The second-order valence-corrected chi connectivity index (χ2v) is 9.38. The Morgan fingerprint density at radius 2 is 1.97 bits per heavy atom. The molecule has 2 heterocycles. The summed E-state index contributed by atoms with van der Waals surface area (Å²) in [6, 6.07) is 14.2. The molecule has 2 aromatic carbocycles. The average Bonchev–Trinajstić information content (AvgIpc) is 3.34. The first-order chi connectivity index (χ1) is 16.9. The number of hydrogen-bond donors (Lipinski definition) is 1. The highest BCUT2D eigenvalue weighted by Gasteiger charge is 2.31. The number of carbonyl (C=O) groups excluding carboxylic acids is 2. The van der Waals surface area contributed by atoms with Crippen LogP contribution in [0.1, 0.15) is 71.9 Å². The Morgan fingerprint density at radius 1 is 1.20 bits per heavy atom. The highest BCUT2D eigenvalue weighted by molar-refractivity contribution is 5.91. The minimum atomic E-state index is -0.260. The van der Waals surface area contributed by atoms with Gasteiger partial charge in [-0.05, 0) is 48.1 Å². The number of hydrogen-bond acceptors (Lipinski definition) is 5. The van der Waals surface area contributed by atoms with Gasteiger partial charge >= 0.3 is 0 Å². The van der Waals surface area contributed by atoms with Crippen LogP contribution in [0, 0.1) is 12.8 Å². The van der Waals surface area contributed by atoms with Crippen molar-refractivity contribution in [2.75, 3.05) is 13.1 Å². The summed E-state index contributed by atoms with van der Waals surface area (Å²) in [5.74, 6) is 1.22. The third-order valence-corrected chi connectivity index (χ3v) is 6.18. The smallest absolute Gasteiger partial charge is 0.273 e. The molecule has 0 aliphatic carbocycles. The van der Waals surface area contributed by atoms with Gasteiger partial charge < -0.3 is 19.4 Å². The van der Waals surface area contributed by atoms with Gasteiger partial charge in [0.05, 0.1) is 6.04 Å². The molecule has 1 aliphatic rings. The molecular formula is C28H33N3O4. The minimum Gasteiger partial charge on any atom is -0.484 e. The van der Waals surface area contributed by atoms with Gasteiger partial charge in [0.15, 0.2) is 12.3 Å². The largest absolute Gasteiger partial charge is 0.484 e. The fourth-order valence-corrected chi connectivity index (χ4v) is 4.28. The molecule has 1 aromatic heterocycles. The number of nitrogens with one attached hydrogen (secondary N) is 1. The minimum absolute atomic E-state index is 0.100. The van der Waals surface area contributed by atoms with Crippen LogP contribution in [-0.2, 0) is 17.8 Å². The maximum atomic E-state index is 12.8. The Kier molecular flexibility index (Phi) is 7.54. The third-order valence-electron chi connectivity index (χ3n) is 6.18. The lowest BCUT2D eigenvalue weighted by Crippen LogP contribution is -2.40. The molecule has 0 radical (unpaired) electrons. The zero-order valence-electron chi connectivity index (χ0n) is 20.8. The zero-order valence-corrected chi connectivity index (χ0v) is 20.8. The molecule has 2 amide bonds. The van der Waals surface area contributed by atoms with Crippen LogP contribution in [0.5, 0.6) is 5.75 Å². The number of ether oxygens (including phenoxy) is 1. The number of benzene rings is 2. The van der Waals surface area contributed by atoms with Gasteiger partial charge in [0.2, 0.25) is 11.8 Å². The first-order valence-corrected chi connectivity index (χ1v) is 12.2. The molecule has 35 heavy (non-hydrogen) atoms. The normalized spacial score (nSPS) is 15.1. The standard InChI is InChI=1S/C28H33N3O4/c1-5-26(32)31-13-12-20-10-11-22(14-23(20)27(31)21-8-6-19(4)7-9-21)34-17-25-30-24(16-35-25)28(33)29-15-18(2)3/h6-11,14,16,18,27H,5,12-13,15,17H2,1-4H3,(H,29,33). The second-order valence-electron chi connectivity index (χ2n) is 9.38. The van der Waals surface area contributed by atoms with Crippen molar-refractivity contribution in [2.45, 2.75) is 53.2 Å². The summed E-state index contributed by atoms with van der Waals surface area (Å²) in [5, 5.41) is 2.83. The number of carbonyl (C=O) groups is 2. The molecule has 184 valence electrons. The van der Waals surface area contributed by atoms with Crippen LogP contribution in [0.15, 0.2) is 53.1 Å². The lowest BCUT2D eigenvalue weighted by atomic mass is 9.87. The number of amides is 2. The van der Waals surface area contributed by atoms with E-state index < -0.39 is 0 Å². The number of aromatic nitrogens is 1. The first-order valence-electron chi connectivity index (χ1n) is 12.2. The number of fused-ring (bicyclic) bond motifs is 1. The summed E-state index contributed by atoms with van der Waals surface area (Å²) >= 11 is 0. The second kappa shape index (κ2) is 10.8. The first kappa shape index (κ1) is 24.5. The van der Waals surface area contributed by atoms with Gasteiger partial charge in [-0.3, -0.25) is 9.59 Å². The fraction of sp³-hybridized carbons (Fsp3) is 0.393. The molecule has 1 N–H and O–H groups in total. The lowest BCUT2D eigenvalue weighted by molar-refractivity contribution is -0.132. The van der Waals surface area contributed by atoms with E-state index in [1.807, 2.05) is 37.8 Å². The molecule has 0 bridgehead atoms. The van der Waals surface area contributed by atoms with Gasteiger partial charge in [-0.1, -0.05) is 56.7 Å². The van der Waals surface area contributed by atoms with E-state index in [9.17, 15) is 9.59 Å². The lowest BCUT2D eigenvalue weighted by Gasteiger charge is -2.38. The van der Waals surface area contributed by atoms with Crippen LogP contribution < -0.4 is 10.1 Å². The Balaban J connectivity index is 1.53. The number of aryl methyl sites for hydroxylation is 1. The summed E-state index contributed by atoms with van der Waals surface area (Å²) in [6.07, 6.45) is 2.62. The van der Waals surface area contributed by atoms with E-state index in [1.165, 1.54) is 17.4 Å². The summed E-state index contributed by atoms with van der Waals surface area (Å²) < 4.78 is 11.4. The van der Waals surface area contributed by atoms with Crippen LogP contribution in [0.3, 0.4) is 0 Å². The van der Waals surface area contributed by atoms with Crippen LogP contribution in [0.2, 0.25) is 0 Å². The number of nitrogens with zero attached hydrogens (tertiary/aromatic N) is 2. The Hall–Kier alpha value is -3.61. The SMILES string of the molecule is CCC(=O)N1CCc2ccc(OCc3nc(C(=O)NCC(C)C)co3)cc2C1c1ccc(C)cc1. The summed E-state index contributed by atoms with van der Waals surface area (Å²) in [7, 11) is 0. The molecule has 7 heteroatoms. The fourth-order valence-electron chi connectivity index (χ4n) is 4.28. The molecule has 0 fully saturated rings. The maximum Gasteiger partial charge on any atom is 0.273 e. The summed E-state index contributed by atoms with van der Waals surface area (Å²) in [6.45, 7) is 9.38. The highest BCUT2D eigenvalue weighted by Crippen LogP contribution is 2.37. The van der Waals surface area contributed by atoms with Crippen molar-refractivity contribution < 1.29 is 18.7 Å². The Morgan fingerprint density at radius 3 is 2.69 bits per heavy atom. The summed E-state index contributed by atoms with van der Waals surface area (Å²) in [4.78, 5) is 31.2. The van der Waals surface area contributed by atoms with E-state index >= 15 is 0 Å².